The lowest BCUT2D eigenvalue weighted by atomic mass is 9.95. The van der Waals surface area contributed by atoms with Crippen LogP contribution in [0.5, 0.6) is 0 Å². The quantitative estimate of drug-likeness (QED) is 0.910. The van der Waals surface area contributed by atoms with Crippen molar-refractivity contribution in [1.82, 2.24) is 10.2 Å². The number of rotatable bonds is 5. The van der Waals surface area contributed by atoms with E-state index in [4.69, 9.17) is 4.74 Å². The van der Waals surface area contributed by atoms with Crippen molar-refractivity contribution < 1.29 is 9.53 Å². The summed E-state index contributed by atoms with van der Waals surface area (Å²) in [6.45, 7) is 2.15. The number of methoxy groups -OCH3 is 1. The van der Waals surface area contributed by atoms with Crippen molar-refractivity contribution in [2.75, 3.05) is 26.7 Å². The van der Waals surface area contributed by atoms with Gasteiger partial charge in [-0.3, -0.25) is 0 Å². The molecule has 1 N–H and O–H groups in total. The van der Waals surface area contributed by atoms with Crippen molar-refractivity contribution >= 4 is 6.03 Å². The van der Waals surface area contributed by atoms with Crippen molar-refractivity contribution in [3.8, 4) is 0 Å². The Hall–Kier alpha value is -2.33. The Bertz CT molecular complexity index is 734. The van der Waals surface area contributed by atoms with Crippen molar-refractivity contribution in [1.29, 1.82) is 0 Å². The van der Waals surface area contributed by atoms with Crippen LogP contribution in [0.25, 0.3) is 0 Å². The summed E-state index contributed by atoms with van der Waals surface area (Å²) in [7, 11) is 1.68. The third kappa shape index (κ3) is 3.02. The van der Waals surface area contributed by atoms with Gasteiger partial charge < -0.3 is 15.0 Å². The van der Waals surface area contributed by atoms with Gasteiger partial charge in [0.1, 0.15) is 0 Å². The topological polar surface area (TPSA) is 41.6 Å². The summed E-state index contributed by atoms with van der Waals surface area (Å²) in [4.78, 5) is 14.6. The first-order chi connectivity index (χ1) is 12.2. The van der Waals surface area contributed by atoms with Gasteiger partial charge in [-0.05, 0) is 23.5 Å². The molecule has 0 spiro atoms. The van der Waals surface area contributed by atoms with Crippen LogP contribution in [0.3, 0.4) is 0 Å². The van der Waals surface area contributed by atoms with E-state index in [9.17, 15) is 4.79 Å². The SMILES string of the molecule is COC(CNC(=O)N1CC2CC2(c2ccccc2)C1)c1ccccc1. The molecule has 2 aromatic carbocycles. The van der Waals surface area contributed by atoms with Gasteiger partial charge >= 0.3 is 6.03 Å². The third-order valence-corrected chi connectivity index (χ3v) is 5.68. The summed E-state index contributed by atoms with van der Waals surface area (Å²) >= 11 is 0. The number of hydrogen-bond donors (Lipinski definition) is 1. The van der Waals surface area contributed by atoms with Crippen LogP contribution < -0.4 is 5.32 Å². The minimum Gasteiger partial charge on any atom is -0.375 e. The maximum Gasteiger partial charge on any atom is 0.317 e. The number of nitrogens with zero attached hydrogens (tertiary/aromatic N) is 1. The molecule has 1 saturated heterocycles. The molecule has 4 nitrogen and oxygen atoms in total. The molecular formula is C21H24N2O2. The van der Waals surface area contributed by atoms with Gasteiger partial charge in [0.25, 0.3) is 0 Å². The van der Waals surface area contributed by atoms with Gasteiger partial charge in [0.05, 0.1) is 6.10 Å². The first-order valence-electron chi connectivity index (χ1n) is 8.89. The molecule has 3 atom stereocenters. The van der Waals surface area contributed by atoms with Crippen LogP contribution in [0.4, 0.5) is 4.79 Å². The second-order valence-corrected chi connectivity index (χ2v) is 7.12. The Balaban J connectivity index is 1.36. The molecule has 0 bridgehead atoms. The maximum absolute atomic E-state index is 12.6. The average Bonchev–Trinajstić information content (AvgIpc) is 3.25. The number of urea groups is 1. The molecule has 3 unspecified atom stereocenters. The third-order valence-electron chi connectivity index (χ3n) is 5.68. The highest BCUT2D eigenvalue weighted by Crippen LogP contribution is 2.58. The summed E-state index contributed by atoms with van der Waals surface area (Å²) in [5, 5.41) is 3.05. The molecule has 2 aromatic rings. The standard InChI is InChI=1S/C21H24N2O2/c1-25-19(16-8-4-2-5-9-16)13-22-20(24)23-14-18-12-21(18,15-23)17-10-6-3-7-11-17/h2-11,18-19H,12-15H2,1H3,(H,22,24). The van der Waals surface area contributed by atoms with Gasteiger partial charge in [-0.25, -0.2) is 4.79 Å². The van der Waals surface area contributed by atoms with Crippen molar-refractivity contribution in [3.05, 3.63) is 71.8 Å². The van der Waals surface area contributed by atoms with Crippen LogP contribution in [-0.4, -0.2) is 37.7 Å². The Morgan fingerprint density at radius 3 is 2.56 bits per heavy atom. The molecule has 1 heterocycles. The number of hydrogen-bond acceptors (Lipinski definition) is 2. The molecule has 130 valence electrons. The summed E-state index contributed by atoms with van der Waals surface area (Å²) in [5.74, 6) is 0.605. The summed E-state index contributed by atoms with van der Waals surface area (Å²) in [6.07, 6.45) is 1.08. The minimum atomic E-state index is -0.120. The Labute approximate surface area is 148 Å². The van der Waals surface area contributed by atoms with E-state index < -0.39 is 0 Å². The lowest BCUT2D eigenvalue weighted by Gasteiger charge is -2.23. The second-order valence-electron chi connectivity index (χ2n) is 7.12. The van der Waals surface area contributed by atoms with Crippen molar-refractivity contribution in [3.63, 3.8) is 0 Å². The highest BCUT2D eigenvalue weighted by atomic mass is 16.5. The van der Waals surface area contributed by atoms with Crippen LogP contribution >= 0.6 is 0 Å². The first-order valence-corrected chi connectivity index (χ1v) is 8.89. The molecular weight excluding hydrogens is 312 g/mol. The van der Waals surface area contributed by atoms with Crippen molar-refractivity contribution in [2.45, 2.75) is 17.9 Å². The van der Waals surface area contributed by atoms with E-state index in [1.54, 1.807) is 7.11 Å². The highest BCUT2D eigenvalue weighted by Gasteiger charge is 2.61. The van der Waals surface area contributed by atoms with Crippen LogP contribution in [0.15, 0.2) is 60.7 Å². The first kappa shape index (κ1) is 16.2. The van der Waals surface area contributed by atoms with E-state index in [-0.39, 0.29) is 17.6 Å². The zero-order valence-corrected chi connectivity index (χ0v) is 14.5. The largest absolute Gasteiger partial charge is 0.375 e. The molecule has 2 aliphatic rings. The zero-order valence-electron chi connectivity index (χ0n) is 14.5. The predicted octanol–water partition coefficient (Wildman–Crippen LogP) is 3.36. The number of piperidine rings is 1. The van der Waals surface area contributed by atoms with Gasteiger partial charge in [0.2, 0.25) is 0 Å². The van der Waals surface area contributed by atoms with E-state index in [0.29, 0.717) is 12.5 Å². The number of ether oxygens (including phenoxy) is 1. The van der Waals surface area contributed by atoms with E-state index in [2.05, 4.69) is 29.6 Å². The van der Waals surface area contributed by atoms with Gasteiger partial charge in [-0.2, -0.15) is 0 Å². The molecule has 0 radical (unpaired) electrons. The van der Waals surface area contributed by atoms with Crippen LogP contribution in [0.2, 0.25) is 0 Å². The van der Waals surface area contributed by atoms with Crippen LogP contribution in [0.1, 0.15) is 23.7 Å². The van der Waals surface area contributed by atoms with Gasteiger partial charge in [-0.1, -0.05) is 60.7 Å². The van der Waals surface area contributed by atoms with Crippen molar-refractivity contribution in [2.24, 2.45) is 5.92 Å². The zero-order chi connectivity index (χ0) is 17.3. The summed E-state index contributed by atoms with van der Waals surface area (Å²) < 4.78 is 5.54. The van der Waals surface area contributed by atoms with Gasteiger partial charge in [0, 0.05) is 32.2 Å². The Kier molecular flexibility index (Phi) is 4.22. The number of carbonyl (C=O) groups is 1. The maximum atomic E-state index is 12.6. The number of fused-ring (bicyclic) bond motifs is 1. The minimum absolute atomic E-state index is 0.0143. The molecule has 4 rings (SSSR count). The monoisotopic (exact) mass is 336 g/mol. The normalized spacial score (nSPS) is 25.3. The molecule has 2 fully saturated rings. The molecule has 4 heteroatoms. The smallest absolute Gasteiger partial charge is 0.317 e. The molecule has 25 heavy (non-hydrogen) atoms. The molecule has 0 aromatic heterocycles. The van der Waals surface area contributed by atoms with Crippen LogP contribution in [0, 0.1) is 5.92 Å². The molecule has 1 aliphatic carbocycles. The summed E-state index contributed by atoms with van der Waals surface area (Å²) in [6, 6.07) is 20.6. The van der Waals surface area contributed by atoms with Gasteiger partial charge in [0.15, 0.2) is 0 Å². The van der Waals surface area contributed by atoms with Crippen LogP contribution in [-0.2, 0) is 10.2 Å². The van der Waals surface area contributed by atoms with E-state index in [0.717, 1.165) is 18.7 Å². The molecule has 2 amide bonds. The fourth-order valence-corrected chi connectivity index (χ4v) is 4.15. The predicted molar refractivity (Wildman–Crippen MR) is 97.4 cm³/mol. The number of carbonyl (C=O) groups excluding carboxylic acids is 1. The summed E-state index contributed by atoms with van der Waals surface area (Å²) in [5.41, 5.74) is 2.64. The Morgan fingerprint density at radius 2 is 1.88 bits per heavy atom. The fraction of sp³-hybridized carbons (Fsp3) is 0.381. The molecule has 1 aliphatic heterocycles. The number of likely N-dealkylation sites (tertiary alicyclic amines) is 1. The van der Waals surface area contributed by atoms with E-state index >= 15 is 0 Å². The lowest BCUT2D eigenvalue weighted by Crippen LogP contribution is -2.42. The molecule has 1 saturated carbocycles. The fourth-order valence-electron chi connectivity index (χ4n) is 4.15. The van der Waals surface area contributed by atoms with E-state index in [1.807, 2.05) is 41.3 Å². The number of amides is 2. The average molecular weight is 336 g/mol. The Morgan fingerprint density at radius 1 is 1.20 bits per heavy atom. The highest BCUT2D eigenvalue weighted by molar-refractivity contribution is 5.75. The number of benzene rings is 2. The van der Waals surface area contributed by atoms with E-state index in [1.165, 1.54) is 12.0 Å². The number of nitrogens with one attached hydrogen (secondary N) is 1. The van der Waals surface area contributed by atoms with Gasteiger partial charge in [-0.15, -0.1) is 0 Å². The second kappa shape index (κ2) is 6.52. The lowest BCUT2D eigenvalue weighted by molar-refractivity contribution is 0.102.